The summed E-state index contributed by atoms with van der Waals surface area (Å²) in [6.45, 7) is -0.762. The van der Waals surface area contributed by atoms with Crippen LogP contribution < -0.4 is 10.9 Å². The third-order valence-electron chi connectivity index (χ3n) is 3.99. The topological polar surface area (TPSA) is 98.1 Å². The molecule has 31 heavy (non-hydrogen) atoms. The van der Waals surface area contributed by atoms with Crippen LogP contribution in [0.1, 0.15) is 5.56 Å². The lowest BCUT2D eigenvalue weighted by molar-refractivity contribution is -0.137. The first-order valence-electron chi connectivity index (χ1n) is 8.53. The zero-order valence-corrected chi connectivity index (χ0v) is 16.2. The Hall–Kier alpha value is -3.54. The minimum Gasteiger partial charge on any atom is -0.324 e. The van der Waals surface area contributed by atoms with Crippen molar-refractivity contribution in [3.05, 3.63) is 82.4 Å². The summed E-state index contributed by atoms with van der Waals surface area (Å²) in [7, 11) is -4.28. The molecule has 0 saturated heterocycles. The first-order valence-corrected chi connectivity index (χ1v) is 10.0. The van der Waals surface area contributed by atoms with Gasteiger partial charge in [0.05, 0.1) is 10.5 Å². The number of hydrogen-bond donors (Lipinski definition) is 1. The monoisotopic (exact) mass is 455 g/mol. The second-order valence-corrected chi connectivity index (χ2v) is 8.15. The summed E-state index contributed by atoms with van der Waals surface area (Å²) in [5.41, 5.74) is -1.97. The molecule has 0 aliphatic carbocycles. The van der Waals surface area contributed by atoms with E-state index in [2.05, 4.69) is 10.4 Å². The zero-order chi connectivity index (χ0) is 22.8. The lowest BCUT2D eigenvalue weighted by Crippen LogP contribution is -2.30. The number of anilines is 1. The molecule has 0 aliphatic rings. The predicted molar refractivity (Wildman–Crippen MR) is 100 cm³/mol. The molecule has 0 spiro atoms. The van der Waals surface area contributed by atoms with Crippen LogP contribution in [0.25, 0.3) is 0 Å². The molecule has 0 fully saturated rings. The van der Waals surface area contributed by atoms with Crippen LogP contribution in [0.2, 0.25) is 0 Å². The largest absolute Gasteiger partial charge is 0.416 e. The van der Waals surface area contributed by atoms with Crippen molar-refractivity contribution in [1.82, 2.24) is 9.78 Å². The van der Waals surface area contributed by atoms with Crippen LogP contribution in [0.5, 0.6) is 0 Å². The lowest BCUT2D eigenvalue weighted by atomic mass is 10.2. The van der Waals surface area contributed by atoms with Crippen LogP contribution in [-0.4, -0.2) is 24.1 Å². The number of benzene rings is 2. The van der Waals surface area contributed by atoms with Gasteiger partial charge in [-0.25, -0.2) is 17.5 Å². The van der Waals surface area contributed by atoms with E-state index in [9.17, 15) is 35.6 Å². The molecule has 1 amide bonds. The van der Waals surface area contributed by atoms with Crippen molar-refractivity contribution in [2.45, 2.75) is 22.6 Å². The number of alkyl halides is 3. The number of halogens is 4. The second kappa shape index (κ2) is 8.30. The SMILES string of the molecule is O=C(Cn1nc(S(=O)(=O)c2cccc(F)c2)ccc1=O)Nc1cccc(C(F)(F)F)c1. The first kappa shape index (κ1) is 22.2. The minimum atomic E-state index is -4.61. The molecule has 0 aliphatic heterocycles. The molecule has 1 N–H and O–H groups in total. The van der Waals surface area contributed by atoms with Crippen molar-refractivity contribution < 1.29 is 30.8 Å². The average molecular weight is 455 g/mol. The van der Waals surface area contributed by atoms with Crippen LogP contribution in [0, 0.1) is 5.82 Å². The van der Waals surface area contributed by atoms with Crippen LogP contribution in [-0.2, 0) is 27.4 Å². The normalized spacial score (nSPS) is 11.9. The first-order chi connectivity index (χ1) is 14.5. The summed E-state index contributed by atoms with van der Waals surface area (Å²) in [6, 6.07) is 9.74. The molecule has 7 nitrogen and oxygen atoms in total. The highest BCUT2D eigenvalue weighted by molar-refractivity contribution is 7.91. The quantitative estimate of drug-likeness (QED) is 0.597. The van der Waals surface area contributed by atoms with Gasteiger partial charge in [-0.3, -0.25) is 9.59 Å². The Morgan fingerprint density at radius 2 is 1.74 bits per heavy atom. The fourth-order valence-corrected chi connectivity index (χ4v) is 3.77. The Morgan fingerprint density at radius 3 is 2.42 bits per heavy atom. The number of amides is 1. The van der Waals surface area contributed by atoms with Crippen LogP contribution >= 0.6 is 0 Å². The van der Waals surface area contributed by atoms with E-state index in [4.69, 9.17) is 0 Å². The minimum absolute atomic E-state index is 0.170. The summed E-state index contributed by atoms with van der Waals surface area (Å²) in [5, 5.41) is 5.22. The highest BCUT2D eigenvalue weighted by atomic mass is 32.2. The number of carbonyl (C=O) groups excluding carboxylic acids is 1. The molecule has 1 heterocycles. The Bertz CT molecular complexity index is 1300. The van der Waals surface area contributed by atoms with E-state index >= 15 is 0 Å². The molecule has 3 aromatic rings. The van der Waals surface area contributed by atoms with E-state index in [1.165, 1.54) is 12.1 Å². The second-order valence-electron chi connectivity index (χ2n) is 6.26. The van der Waals surface area contributed by atoms with E-state index in [0.717, 1.165) is 42.5 Å². The molecular formula is C19H13F4N3O4S. The third kappa shape index (κ3) is 5.15. The number of aromatic nitrogens is 2. The van der Waals surface area contributed by atoms with Crippen molar-refractivity contribution in [2.24, 2.45) is 0 Å². The Balaban J connectivity index is 1.84. The van der Waals surface area contributed by atoms with E-state index < -0.39 is 55.3 Å². The standard InChI is InChI=1S/C19H13F4N3O4S/c20-13-4-2-6-15(10-13)31(29,30)17-7-8-18(28)26(25-17)11-16(27)24-14-5-1-3-12(9-14)19(21,22)23/h1-10H,11H2,(H,24,27). The molecule has 0 bridgehead atoms. The summed E-state index contributed by atoms with van der Waals surface area (Å²) in [5.74, 6) is -1.70. The molecule has 3 rings (SSSR count). The van der Waals surface area contributed by atoms with Crippen molar-refractivity contribution in [1.29, 1.82) is 0 Å². The fourth-order valence-electron chi connectivity index (χ4n) is 2.55. The summed E-state index contributed by atoms with van der Waals surface area (Å²) in [4.78, 5) is 23.8. The number of carbonyl (C=O) groups is 1. The Morgan fingerprint density at radius 1 is 1.03 bits per heavy atom. The van der Waals surface area contributed by atoms with Crippen LogP contribution in [0.3, 0.4) is 0 Å². The Kier molecular flexibility index (Phi) is 5.93. The predicted octanol–water partition coefficient (Wildman–Crippen LogP) is 2.87. The Labute approximate surface area is 172 Å². The maximum atomic E-state index is 13.4. The van der Waals surface area contributed by atoms with Crippen molar-refractivity contribution in [3.8, 4) is 0 Å². The van der Waals surface area contributed by atoms with Gasteiger partial charge in [-0.05, 0) is 42.5 Å². The fraction of sp³-hybridized carbons (Fsp3) is 0.105. The molecule has 1 aromatic heterocycles. The summed E-state index contributed by atoms with van der Waals surface area (Å²) < 4.78 is 77.5. The number of hydrogen-bond acceptors (Lipinski definition) is 5. The molecule has 0 unspecified atom stereocenters. The molecule has 2 aromatic carbocycles. The maximum absolute atomic E-state index is 13.4. The highest BCUT2D eigenvalue weighted by Crippen LogP contribution is 2.30. The van der Waals surface area contributed by atoms with E-state index in [1.807, 2.05) is 0 Å². The number of nitrogens with zero attached hydrogens (tertiary/aromatic N) is 2. The number of rotatable bonds is 5. The van der Waals surface area contributed by atoms with Crippen LogP contribution in [0.4, 0.5) is 23.2 Å². The van der Waals surface area contributed by atoms with Gasteiger partial charge < -0.3 is 5.32 Å². The molecular weight excluding hydrogens is 442 g/mol. The number of nitrogens with one attached hydrogen (secondary N) is 1. The summed E-state index contributed by atoms with van der Waals surface area (Å²) in [6.07, 6.45) is -4.61. The van der Waals surface area contributed by atoms with E-state index in [-0.39, 0.29) is 5.69 Å². The van der Waals surface area contributed by atoms with Gasteiger partial charge in [0.1, 0.15) is 12.4 Å². The van der Waals surface area contributed by atoms with Gasteiger partial charge >= 0.3 is 6.18 Å². The van der Waals surface area contributed by atoms with Crippen molar-refractivity contribution in [2.75, 3.05) is 5.32 Å². The van der Waals surface area contributed by atoms with Gasteiger partial charge in [0, 0.05) is 11.8 Å². The van der Waals surface area contributed by atoms with Gasteiger partial charge in [-0.2, -0.15) is 18.3 Å². The lowest BCUT2D eigenvalue weighted by Gasteiger charge is -2.11. The smallest absolute Gasteiger partial charge is 0.324 e. The number of sulfone groups is 1. The third-order valence-corrected chi connectivity index (χ3v) is 5.63. The zero-order valence-electron chi connectivity index (χ0n) is 15.4. The average Bonchev–Trinajstić information content (AvgIpc) is 2.69. The van der Waals surface area contributed by atoms with E-state index in [1.54, 1.807) is 0 Å². The molecule has 12 heteroatoms. The van der Waals surface area contributed by atoms with Gasteiger partial charge in [0.25, 0.3) is 5.56 Å². The molecule has 0 saturated carbocycles. The van der Waals surface area contributed by atoms with Gasteiger partial charge in [-0.15, -0.1) is 0 Å². The molecule has 162 valence electrons. The van der Waals surface area contributed by atoms with Crippen molar-refractivity contribution >= 4 is 21.4 Å². The maximum Gasteiger partial charge on any atom is 0.416 e. The van der Waals surface area contributed by atoms with Gasteiger partial charge in [0.2, 0.25) is 15.7 Å². The summed E-state index contributed by atoms with van der Waals surface area (Å²) >= 11 is 0. The molecule has 0 atom stereocenters. The van der Waals surface area contributed by atoms with Crippen LogP contribution in [0.15, 0.2) is 75.4 Å². The van der Waals surface area contributed by atoms with Gasteiger partial charge in [-0.1, -0.05) is 12.1 Å². The highest BCUT2D eigenvalue weighted by Gasteiger charge is 2.30. The van der Waals surface area contributed by atoms with E-state index in [0.29, 0.717) is 10.7 Å². The molecule has 0 radical (unpaired) electrons. The van der Waals surface area contributed by atoms with Gasteiger partial charge in [0.15, 0.2) is 5.03 Å². The van der Waals surface area contributed by atoms with Crippen molar-refractivity contribution in [3.63, 3.8) is 0 Å².